The van der Waals surface area contributed by atoms with Gasteiger partial charge in [0.1, 0.15) is 5.75 Å². The van der Waals surface area contributed by atoms with Gasteiger partial charge in [-0.1, -0.05) is 103 Å². The van der Waals surface area contributed by atoms with E-state index in [-0.39, 0.29) is 0 Å². The van der Waals surface area contributed by atoms with Crippen LogP contribution in [0.1, 0.15) is 135 Å². The largest absolute Gasteiger partial charge is 0.494 e. The van der Waals surface area contributed by atoms with Crippen LogP contribution < -0.4 is 4.74 Å². The minimum atomic E-state index is 0.868. The predicted octanol–water partition coefficient (Wildman–Crippen LogP) is 10.2. The molecule has 2 aliphatic carbocycles. The van der Waals surface area contributed by atoms with Gasteiger partial charge in [0.15, 0.2) is 0 Å². The van der Waals surface area contributed by atoms with Gasteiger partial charge in [0, 0.05) is 0 Å². The molecule has 0 atom stereocenters. The molecule has 1 heteroatoms. The Morgan fingerprint density at radius 3 is 1.76 bits per heavy atom. The van der Waals surface area contributed by atoms with E-state index >= 15 is 0 Å². The topological polar surface area (TPSA) is 9.23 Å². The van der Waals surface area contributed by atoms with Gasteiger partial charge in [0.25, 0.3) is 0 Å². The Hall–Kier alpha value is -0.980. The Balaban J connectivity index is 1.25. The minimum absolute atomic E-state index is 0.868. The molecule has 0 spiro atoms. The summed E-state index contributed by atoms with van der Waals surface area (Å²) in [6, 6.07) is 8.99. The standard InChI is InChI=1S/C32H54O/c1-3-5-7-8-10-26-33-32-24-18-29(19-25-32)13-12-28-16-22-31(23-17-28)30-20-14-27(15-21-30)11-9-6-4-2/h18-19,24-25,27-28,30-31H,3-17,20-23,26H2,1-2H3. The van der Waals surface area contributed by atoms with E-state index < -0.39 is 0 Å². The Bertz CT molecular complexity index is 589. The fourth-order valence-electron chi connectivity index (χ4n) is 6.60. The summed E-state index contributed by atoms with van der Waals surface area (Å²) in [5.74, 6) is 5.19. The molecule has 2 saturated carbocycles. The lowest BCUT2D eigenvalue weighted by atomic mass is 9.68. The first-order valence-electron chi connectivity index (χ1n) is 15.0. The van der Waals surface area contributed by atoms with Crippen molar-refractivity contribution in [2.24, 2.45) is 23.7 Å². The van der Waals surface area contributed by atoms with Gasteiger partial charge in [-0.3, -0.25) is 0 Å². The van der Waals surface area contributed by atoms with Crippen LogP contribution in [0.2, 0.25) is 0 Å². The molecule has 0 aliphatic heterocycles. The van der Waals surface area contributed by atoms with Gasteiger partial charge in [0.2, 0.25) is 0 Å². The summed E-state index contributed by atoms with van der Waals surface area (Å²) >= 11 is 0. The number of rotatable bonds is 15. The van der Waals surface area contributed by atoms with E-state index in [0.29, 0.717) is 0 Å². The quantitative estimate of drug-likeness (QED) is 0.239. The van der Waals surface area contributed by atoms with Crippen LogP contribution in [0.3, 0.4) is 0 Å². The third-order valence-electron chi connectivity index (χ3n) is 8.95. The van der Waals surface area contributed by atoms with E-state index in [1.165, 1.54) is 115 Å². The van der Waals surface area contributed by atoms with E-state index in [4.69, 9.17) is 4.74 Å². The second-order valence-electron chi connectivity index (χ2n) is 11.5. The molecule has 0 saturated heterocycles. The van der Waals surface area contributed by atoms with Gasteiger partial charge in [0.05, 0.1) is 6.61 Å². The lowest BCUT2D eigenvalue weighted by molar-refractivity contribution is 0.140. The van der Waals surface area contributed by atoms with Gasteiger partial charge < -0.3 is 4.74 Å². The van der Waals surface area contributed by atoms with Crippen LogP contribution >= 0.6 is 0 Å². The van der Waals surface area contributed by atoms with Crippen LogP contribution in [-0.4, -0.2) is 6.61 Å². The highest BCUT2D eigenvalue weighted by Crippen LogP contribution is 2.43. The molecule has 1 aromatic carbocycles. The highest BCUT2D eigenvalue weighted by atomic mass is 16.5. The van der Waals surface area contributed by atoms with Gasteiger partial charge in [-0.2, -0.15) is 0 Å². The minimum Gasteiger partial charge on any atom is -0.494 e. The van der Waals surface area contributed by atoms with Crippen LogP contribution in [0, 0.1) is 23.7 Å². The predicted molar refractivity (Wildman–Crippen MR) is 144 cm³/mol. The Morgan fingerprint density at radius 2 is 1.15 bits per heavy atom. The van der Waals surface area contributed by atoms with Crippen molar-refractivity contribution >= 4 is 0 Å². The molecule has 1 aromatic rings. The molecule has 0 unspecified atom stereocenters. The van der Waals surface area contributed by atoms with Crippen molar-refractivity contribution in [3.8, 4) is 5.75 Å². The third-order valence-corrected chi connectivity index (χ3v) is 8.95. The number of hydrogen-bond donors (Lipinski definition) is 0. The van der Waals surface area contributed by atoms with E-state index in [1.54, 1.807) is 12.8 Å². The fourth-order valence-corrected chi connectivity index (χ4v) is 6.60. The monoisotopic (exact) mass is 454 g/mol. The summed E-state index contributed by atoms with van der Waals surface area (Å²) in [7, 11) is 0. The molecule has 0 radical (unpaired) electrons. The summed E-state index contributed by atoms with van der Waals surface area (Å²) in [5, 5.41) is 0. The summed E-state index contributed by atoms with van der Waals surface area (Å²) in [6.07, 6.45) is 27.1. The van der Waals surface area contributed by atoms with Crippen molar-refractivity contribution in [2.75, 3.05) is 6.61 Å². The lowest BCUT2D eigenvalue weighted by Crippen LogP contribution is -2.26. The van der Waals surface area contributed by atoms with Crippen LogP contribution in [0.25, 0.3) is 0 Å². The van der Waals surface area contributed by atoms with E-state index in [9.17, 15) is 0 Å². The zero-order chi connectivity index (χ0) is 23.1. The smallest absolute Gasteiger partial charge is 0.119 e. The van der Waals surface area contributed by atoms with Crippen molar-refractivity contribution < 1.29 is 4.74 Å². The Labute approximate surface area is 206 Å². The molecule has 3 rings (SSSR count). The van der Waals surface area contributed by atoms with Gasteiger partial charge in [-0.05, 0) is 86.3 Å². The van der Waals surface area contributed by atoms with Crippen molar-refractivity contribution in [3.05, 3.63) is 29.8 Å². The molecule has 0 aromatic heterocycles. The van der Waals surface area contributed by atoms with Crippen LogP contribution in [0.4, 0.5) is 0 Å². The van der Waals surface area contributed by atoms with E-state index in [1.807, 2.05) is 0 Å². The van der Waals surface area contributed by atoms with E-state index in [2.05, 4.69) is 38.1 Å². The number of unbranched alkanes of at least 4 members (excludes halogenated alkanes) is 6. The SMILES string of the molecule is CCCCCCCOc1ccc(CCC2CCC(C3CCC(CCCCC)CC3)CC2)cc1. The maximum Gasteiger partial charge on any atom is 0.119 e. The van der Waals surface area contributed by atoms with Gasteiger partial charge >= 0.3 is 0 Å². The van der Waals surface area contributed by atoms with Crippen molar-refractivity contribution in [3.63, 3.8) is 0 Å². The van der Waals surface area contributed by atoms with Crippen LogP contribution in [0.15, 0.2) is 24.3 Å². The lowest BCUT2D eigenvalue weighted by Gasteiger charge is -2.38. The number of hydrogen-bond acceptors (Lipinski definition) is 1. The van der Waals surface area contributed by atoms with Crippen molar-refractivity contribution in [1.82, 2.24) is 0 Å². The second-order valence-corrected chi connectivity index (χ2v) is 11.5. The number of aryl methyl sites for hydroxylation is 1. The second kappa shape index (κ2) is 15.8. The molecule has 1 nitrogen and oxygen atoms in total. The van der Waals surface area contributed by atoms with Gasteiger partial charge in [-0.15, -0.1) is 0 Å². The zero-order valence-corrected chi connectivity index (χ0v) is 22.2. The molecule has 2 aliphatic rings. The zero-order valence-electron chi connectivity index (χ0n) is 22.2. The maximum absolute atomic E-state index is 5.94. The summed E-state index contributed by atoms with van der Waals surface area (Å²) in [4.78, 5) is 0. The number of benzene rings is 1. The molecule has 0 N–H and O–H groups in total. The van der Waals surface area contributed by atoms with Crippen molar-refractivity contribution in [2.45, 2.75) is 136 Å². The van der Waals surface area contributed by atoms with Crippen molar-refractivity contribution in [1.29, 1.82) is 0 Å². The van der Waals surface area contributed by atoms with Crippen LogP contribution in [0.5, 0.6) is 5.75 Å². The first-order valence-corrected chi connectivity index (χ1v) is 15.0. The molecule has 0 heterocycles. The third kappa shape index (κ3) is 10.0. The highest BCUT2D eigenvalue weighted by Gasteiger charge is 2.30. The summed E-state index contributed by atoms with van der Waals surface area (Å²) in [5.41, 5.74) is 1.49. The molecule has 188 valence electrons. The first-order chi connectivity index (χ1) is 16.3. The highest BCUT2D eigenvalue weighted by molar-refractivity contribution is 5.27. The molecule has 33 heavy (non-hydrogen) atoms. The fraction of sp³-hybridized carbons (Fsp3) is 0.812. The maximum atomic E-state index is 5.94. The van der Waals surface area contributed by atoms with Crippen LogP contribution in [-0.2, 0) is 6.42 Å². The average Bonchev–Trinajstić information content (AvgIpc) is 2.86. The first kappa shape index (κ1) is 26.6. The summed E-state index contributed by atoms with van der Waals surface area (Å²) < 4.78 is 5.94. The molecular weight excluding hydrogens is 400 g/mol. The molecule has 2 fully saturated rings. The summed E-state index contributed by atoms with van der Waals surface area (Å²) in [6.45, 7) is 5.47. The Kier molecular flexibility index (Phi) is 12.8. The molecular formula is C32H54O. The average molecular weight is 455 g/mol. The normalized spacial score (nSPS) is 25.8. The van der Waals surface area contributed by atoms with E-state index in [0.717, 1.165) is 36.0 Å². The number of ether oxygens (including phenoxy) is 1. The van der Waals surface area contributed by atoms with Gasteiger partial charge in [-0.25, -0.2) is 0 Å². The Morgan fingerprint density at radius 1 is 0.606 bits per heavy atom. The molecule has 0 amide bonds. The molecule has 0 bridgehead atoms.